The fraction of sp³-hybridized carbons (Fsp3) is 0.786. The minimum Gasteiger partial charge on any atom is -0.392 e. The average Bonchev–Trinajstić information content (AvgIpc) is 2.42. The minimum atomic E-state index is -0.767. The molecule has 0 aliphatic heterocycles. The Kier molecular flexibility index (Phi) is 6.39. The molecule has 1 saturated carbocycles. The van der Waals surface area contributed by atoms with E-state index in [2.05, 4.69) is 0 Å². The Morgan fingerprint density at radius 3 is 2.25 bits per heavy atom. The van der Waals surface area contributed by atoms with E-state index in [1.54, 1.807) is 0 Å². The lowest BCUT2D eigenvalue weighted by atomic mass is 9.72. The number of thiocarbonyl (C=S) groups is 1. The van der Waals surface area contributed by atoms with Gasteiger partial charge in [0, 0.05) is 6.54 Å². The number of hydrogen-bond donors (Lipinski definition) is 2. The number of carbonyl (C=O) groups is 2. The van der Waals surface area contributed by atoms with Crippen molar-refractivity contribution in [2.75, 3.05) is 13.1 Å². The van der Waals surface area contributed by atoms with Gasteiger partial charge in [-0.3, -0.25) is 9.59 Å². The smallest absolute Gasteiger partial charge is 0.237 e. The lowest BCUT2D eigenvalue weighted by molar-refractivity contribution is -0.142. The molecule has 0 unspecified atom stereocenters. The van der Waals surface area contributed by atoms with E-state index in [-0.39, 0.29) is 17.4 Å². The molecule has 1 aliphatic rings. The van der Waals surface area contributed by atoms with Crippen LogP contribution >= 0.6 is 12.2 Å². The summed E-state index contributed by atoms with van der Waals surface area (Å²) in [5, 5.41) is 0. The van der Waals surface area contributed by atoms with Gasteiger partial charge in [0.2, 0.25) is 11.8 Å². The largest absolute Gasteiger partial charge is 0.392 e. The molecule has 0 saturated heterocycles. The Bertz CT molecular complexity index is 379. The van der Waals surface area contributed by atoms with Crippen LogP contribution in [0.1, 0.15) is 51.9 Å². The van der Waals surface area contributed by atoms with Crippen LogP contribution in [-0.2, 0) is 9.59 Å². The summed E-state index contributed by atoms with van der Waals surface area (Å²) >= 11 is 5.16. The second kappa shape index (κ2) is 7.57. The van der Waals surface area contributed by atoms with Crippen molar-refractivity contribution in [1.29, 1.82) is 0 Å². The van der Waals surface area contributed by atoms with Crippen LogP contribution in [0.15, 0.2) is 0 Å². The molecule has 2 amide bonds. The molecular weight excluding hydrogens is 274 g/mol. The van der Waals surface area contributed by atoms with Crippen molar-refractivity contribution in [2.24, 2.45) is 16.9 Å². The van der Waals surface area contributed by atoms with Crippen LogP contribution < -0.4 is 11.5 Å². The van der Waals surface area contributed by atoms with Gasteiger partial charge in [-0.1, -0.05) is 44.8 Å². The maximum absolute atomic E-state index is 12.9. The SMILES string of the molecule is CCCCN(CC(N)=O)C(=O)C1(C(N)=S)CCCCC1. The third-order valence-corrected chi connectivity index (χ3v) is 4.39. The number of nitrogens with zero attached hydrogens (tertiary/aromatic N) is 1. The first kappa shape index (κ1) is 16.9. The number of rotatable bonds is 7. The fourth-order valence-electron chi connectivity index (χ4n) is 2.81. The zero-order valence-electron chi connectivity index (χ0n) is 12.2. The van der Waals surface area contributed by atoms with Crippen molar-refractivity contribution < 1.29 is 9.59 Å². The molecular formula is C14H25N3O2S. The summed E-state index contributed by atoms with van der Waals surface area (Å²) in [6.07, 6.45) is 6.14. The number of hydrogen-bond acceptors (Lipinski definition) is 3. The number of primary amides is 1. The first-order valence-electron chi connectivity index (χ1n) is 7.31. The molecule has 0 radical (unpaired) electrons. The van der Waals surface area contributed by atoms with Crippen LogP contribution in [0.4, 0.5) is 0 Å². The van der Waals surface area contributed by atoms with Crippen molar-refractivity contribution in [2.45, 2.75) is 51.9 Å². The first-order valence-corrected chi connectivity index (χ1v) is 7.72. The van der Waals surface area contributed by atoms with Gasteiger partial charge in [0.15, 0.2) is 0 Å². The second-order valence-corrected chi connectivity index (χ2v) is 5.99. The molecule has 4 N–H and O–H groups in total. The summed E-state index contributed by atoms with van der Waals surface area (Å²) in [5.41, 5.74) is 10.4. The van der Waals surface area contributed by atoms with Crippen molar-refractivity contribution >= 4 is 29.0 Å². The summed E-state index contributed by atoms with van der Waals surface area (Å²) in [7, 11) is 0. The van der Waals surface area contributed by atoms with Crippen LogP contribution in [0.5, 0.6) is 0 Å². The highest BCUT2D eigenvalue weighted by molar-refractivity contribution is 7.80. The maximum Gasteiger partial charge on any atom is 0.237 e. The molecule has 0 atom stereocenters. The molecule has 1 rings (SSSR count). The monoisotopic (exact) mass is 299 g/mol. The van der Waals surface area contributed by atoms with Gasteiger partial charge in [-0.2, -0.15) is 0 Å². The number of unbranched alkanes of at least 4 members (excludes halogenated alkanes) is 1. The van der Waals surface area contributed by atoms with Gasteiger partial charge in [0.25, 0.3) is 0 Å². The molecule has 0 aromatic carbocycles. The van der Waals surface area contributed by atoms with Gasteiger partial charge in [0.1, 0.15) is 0 Å². The zero-order chi connectivity index (χ0) is 15.2. The second-order valence-electron chi connectivity index (χ2n) is 5.55. The summed E-state index contributed by atoms with van der Waals surface area (Å²) in [6.45, 7) is 2.52. The third-order valence-electron chi connectivity index (χ3n) is 4.00. The summed E-state index contributed by atoms with van der Waals surface area (Å²) in [5.74, 6) is -0.611. The van der Waals surface area contributed by atoms with Gasteiger partial charge in [0.05, 0.1) is 16.9 Å². The molecule has 1 aliphatic carbocycles. The van der Waals surface area contributed by atoms with Crippen molar-refractivity contribution in [1.82, 2.24) is 4.90 Å². The summed E-state index contributed by atoms with van der Waals surface area (Å²) in [6, 6.07) is 0. The predicted molar refractivity (Wildman–Crippen MR) is 83.0 cm³/mol. The van der Waals surface area contributed by atoms with E-state index in [1.807, 2.05) is 6.92 Å². The van der Waals surface area contributed by atoms with E-state index in [0.29, 0.717) is 19.4 Å². The lowest BCUT2D eigenvalue weighted by Gasteiger charge is -2.38. The molecule has 20 heavy (non-hydrogen) atoms. The molecule has 0 spiro atoms. The topological polar surface area (TPSA) is 89.4 Å². The van der Waals surface area contributed by atoms with Crippen LogP contribution in [0.25, 0.3) is 0 Å². The predicted octanol–water partition coefficient (Wildman–Crippen LogP) is 1.34. The highest BCUT2D eigenvalue weighted by Gasteiger charge is 2.44. The van der Waals surface area contributed by atoms with Gasteiger partial charge >= 0.3 is 0 Å². The van der Waals surface area contributed by atoms with E-state index in [0.717, 1.165) is 32.1 Å². The van der Waals surface area contributed by atoms with E-state index >= 15 is 0 Å². The van der Waals surface area contributed by atoms with Gasteiger partial charge in [-0.15, -0.1) is 0 Å². The number of amides is 2. The van der Waals surface area contributed by atoms with Crippen LogP contribution in [0.3, 0.4) is 0 Å². The van der Waals surface area contributed by atoms with Gasteiger partial charge in [-0.25, -0.2) is 0 Å². The van der Waals surface area contributed by atoms with E-state index < -0.39 is 11.3 Å². The highest BCUT2D eigenvalue weighted by Crippen LogP contribution is 2.38. The number of carbonyl (C=O) groups excluding carboxylic acids is 2. The third kappa shape index (κ3) is 3.91. The maximum atomic E-state index is 12.9. The summed E-state index contributed by atoms with van der Waals surface area (Å²) < 4.78 is 0. The normalized spacial score (nSPS) is 17.4. The standard InChI is InChI=1S/C14H25N3O2S/c1-2-3-9-17(10-11(15)18)13(19)14(12(16)20)7-5-4-6-8-14/h2-10H2,1H3,(H2,15,18)(H2,16,20). The lowest BCUT2D eigenvalue weighted by Crippen LogP contribution is -2.53. The van der Waals surface area contributed by atoms with Gasteiger partial charge < -0.3 is 16.4 Å². The van der Waals surface area contributed by atoms with E-state index in [4.69, 9.17) is 23.7 Å². The Morgan fingerprint density at radius 1 is 1.20 bits per heavy atom. The molecule has 114 valence electrons. The molecule has 0 heterocycles. The first-order chi connectivity index (χ1) is 9.44. The van der Waals surface area contributed by atoms with E-state index in [9.17, 15) is 9.59 Å². The molecule has 6 heteroatoms. The molecule has 0 aromatic heterocycles. The Hall–Kier alpha value is -1.17. The zero-order valence-corrected chi connectivity index (χ0v) is 13.0. The molecule has 1 fully saturated rings. The van der Waals surface area contributed by atoms with Gasteiger partial charge in [-0.05, 0) is 19.3 Å². The van der Waals surface area contributed by atoms with E-state index in [1.165, 1.54) is 4.90 Å². The van der Waals surface area contributed by atoms with Crippen LogP contribution in [-0.4, -0.2) is 34.8 Å². The van der Waals surface area contributed by atoms with Crippen LogP contribution in [0.2, 0.25) is 0 Å². The van der Waals surface area contributed by atoms with Crippen LogP contribution in [0, 0.1) is 5.41 Å². The van der Waals surface area contributed by atoms with Crippen molar-refractivity contribution in [3.05, 3.63) is 0 Å². The minimum absolute atomic E-state index is 0.0524. The quantitative estimate of drug-likeness (QED) is 0.694. The number of nitrogens with two attached hydrogens (primary N) is 2. The van der Waals surface area contributed by atoms with Crippen molar-refractivity contribution in [3.63, 3.8) is 0 Å². The molecule has 0 aromatic rings. The fourth-order valence-corrected chi connectivity index (χ4v) is 3.10. The Morgan fingerprint density at radius 2 is 1.80 bits per heavy atom. The Labute approximate surface area is 126 Å². The molecule has 0 bridgehead atoms. The average molecular weight is 299 g/mol. The highest BCUT2D eigenvalue weighted by atomic mass is 32.1. The molecule has 5 nitrogen and oxygen atoms in total. The Balaban J connectivity index is 2.93. The van der Waals surface area contributed by atoms with Crippen molar-refractivity contribution in [3.8, 4) is 0 Å². The summed E-state index contributed by atoms with van der Waals surface area (Å²) in [4.78, 5) is 25.8.